The number of thioether (sulfide) groups is 1. The SMILES string of the molecule is CCSC1CCCC1n1c(CCCl)nc2c(C)nn(C)c21. The summed E-state index contributed by atoms with van der Waals surface area (Å²) >= 11 is 8.09. The van der Waals surface area contributed by atoms with Crippen LogP contribution in [0.15, 0.2) is 0 Å². The number of nitrogens with zero attached hydrogens (tertiary/aromatic N) is 4. The van der Waals surface area contributed by atoms with Gasteiger partial charge in [-0.1, -0.05) is 13.3 Å². The Labute approximate surface area is 135 Å². The van der Waals surface area contributed by atoms with Crippen molar-refractivity contribution < 1.29 is 0 Å². The number of rotatable bonds is 5. The van der Waals surface area contributed by atoms with Crippen molar-refractivity contribution in [1.82, 2.24) is 19.3 Å². The number of alkyl halides is 1. The molecule has 1 aliphatic carbocycles. The van der Waals surface area contributed by atoms with Crippen LogP contribution in [0.4, 0.5) is 0 Å². The van der Waals surface area contributed by atoms with Crippen LogP contribution in [0.25, 0.3) is 11.2 Å². The summed E-state index contributed by atoms with van der Waals surface area (Å²) in [6, 6.07) is 0.535. The molecule has 2 unspecified atom stereocenters. The fourth-order valence-electron chi connectivity index (χ4n) is 3.56. The molecule has 116 valence electrons. The second kappa shape index (κ2) is 6.21. The van der Waals surface area contributed by atoms with Crippen LogP contribution in [0.5, 0.6) is 0 Å². The Hall–Kier alpha value is -0.680. The van der Waals surface area contributed by atoms with Gasteiger partial charge in [0.05, 0.1) is 5.69 Å². The summed E-state index contributed by atoms with van der Waals surface area (Å²) in [7, 11) is 2.02. The van der Waals surface area contributed by atoms with Crippen LogP contribution in [-0.2, 0) is 13.5 Å². The monoisotopic (exact) mass is 326 g/mol. The maximum atomic E-state index is 6.01. The summed E-state index contributed by atoms with van der Waals surface area (Å²) in [6.07, 6.45) is 4.68. The second-order valence-electron chi connectivity index (χ2n) is 5.71. The molecule has 1 saturated carbocycles. The van der Waals surface area contributed by atoms with Gasteiger partial charge in [-0.15, -0.1) is 11.6 Å². The molecule has 0 saturated heterocycles. The van der Waals surface area contributed by atoms with Crippen molar-refractivity contribution in [2.45, 2.75) is 50.8 Å². The van der Waals surface area contributed by atoms with E-state index < -0.39 is 0 Å². The molecule has 2 aromatic heterocycles. The third-order valence-corrected chi connectivity index (χ3v) is 5.86. The van der Waals surface area contributed by atoms with Crippen molar-refractivity contribution in [3.8, 4) is 0 Å². The van der Waals surface area contributed by atoms with Crippen LogP contribution in [0, 0.1) is 6.92 Å². The maximum Gasteiger partial charge on any atom is 0.158 e. The number of halogens is 1. The van der Waals surface area contributed by atoms with Crippen molar-refractivity contribution in [2.75, 3.05) is 11.6 Å². The molecule has 0 aromatic carbocycles. The van der Waals surface area contributed by atoms with E-state index in [9.17, 15) is 0 Å². The van der Waals surface area contributed by atoms with Crippen LogP contribution in [0.1, 0.15) is 43.7 Å². The van der Waals surface area contributed by atoms with E-state index in [4.69, 9.17) is 16.6 Å². The molecular weight excluding hydrogens is 304 g/mol. The van der Waals surface area contributed by atoms with Crippen molar-refractivity contribution in [3.63, 3.8) is 0 Å². The fourth-order valence-corrected chi connectivity index (χ4v) is 4.97. The lowest BCUT2D eigenvalue weighted by Crippen LogP contribution is -2.20. The Morgan fingerprint density at radius 3 is 2.90 bits per heavy atom. The molecule has 2 atom stereocenters. The molecule has 2 aromatic rings. The zero-order valence-corrected chi connectivity index (χ0v) is 14.5. The van der Waals surface area contributed by atoms with E-state index in [1.54, 1.807) is 0 Å². The van der Waals surface area contributed by atoms with Crippen LogP contribution in [-0.4, -0.2) is 36.2 Å². The lowest BCUT2D eigenvalue weighted by atomic mass is 10.2. The van der Waals surface area contributed by atoms with Gasteiger partial charge in [-0.05, 0) is 25.5 Å². The molecule has 0 N–H and O–H groups in total. The highest BCUT2D eigenvalue weighted by Crippen LogP contribution is 2.41. The van der Waals surface area contributed by atoms with Gasteiger partial charge in [-0.2, -0.15) is 16.9 Å². The highest BCUT2D eigenvalue weighted by Gasteiger charge is 2.32. The summed E-state index contributed by atoms with van der Waals surface area (Å²) < 4.78 is 4.43. The van der Waals surface area contributed by atoms with Gasteiger partial charge in [-0.3, -0.25) is 4.68 Å². The first-order valence-corrected chi connectivity index (χ1v) is 9.33. The molecule has 3 rings (SSSR count). The van der Waals surface area contributed by atoms with Gasteiger partial charge in [0.15, 0.2) is 5.65 Å². The van der Waals surface area contributed by atoms with Crippen molar-refractivity contribution >= 4 is 34.5 Å². The predicted octanol–water partition coefficient (Wildman–Crippen LogP) is 3.71. The van der Waals surface area contributed by atoms with E-state index in [1.165, 1.54) is 30.7 Å². The summed E-state index contributed by atoms with van der Waals surface area (Å²) in [4.78, 5) is 4.85. The molecule has 0 radical (unpaired) electrons. The Kier molecular flexibility index (Phi) is 4.50. The number of fused-ring (bicyclic) bond motifs is 1. The minimum Gasteiger partial charge on any atom is -0.309 e. The van der Waals surface area contributed by atoms with Gasteiger partial charge in [0.2, 0.25) is 0 Å². The lowest BCUT2D eigenvalue weighted by molar-refractivity contribution is 0.510. The van der Waals surface area contributed by atoms with E-state index in [0.29, 0.717) is 17.2 Å². The predicted molar refractivity (Wildman–Crippen MR) is 90.5 cm³/mol. The van der Waals surface area contributed by atoms with Crippen molar-refractivity contribution in [1.29, 1.82) is 0 Å². The first-order chi connectivity index (χ1) is 10.2. The Balaban J connectivity index is 2.12. The third kappa shape index (κ3) is 2.59. The summed E-state index contributed by atoms with van der Waals surface area (Å²) in [5.41, 5.74) is 3.23. The van der Waals surface area contributed by atoms with Gasteiger partial charge < -0.3 is 4.57 Å². The zero-order valence-electron chi connectivity index (χ0n) is 13.0. The Bertz CT molecular complexity index is 633. The van der Waals surface area contributed by atoms with Gasteiger partial charge in [0.25, 0.3) is 0 Å². The highest BCUT2D eigenvalue weighted by molar-refractivity contribution is 7.99. The molecule has 0 spiro atoms. The average Bonchev–Trinajstić information content (AvgIpc) is 3.09. The largest absolute Gasteiger partial charge is 0.309 e. The lowest BCUT2D eigenvalue weighted by Gasteiger charge is -2.23. The molecule has 0 bridgehead atoms. The van der Waals surface area contributed by atoms with Gasteiger partial charge in [-0.25, -0.2) is 4.98 Å². The molecule has 6 heteroatoms. The number of aryl methyl sites for hydroxylation is 3. The number of hydrogen-bond acceptors (Lipinski definition) is 3. The third-order valence-electron chi connectivity index (χ3n) is 4.36. The van der Waals surface area contributed by atoms with Gasteiger partial charge in [0.1, 0.15) is 11.3 Å². The molecule has 1 aliphatic rings. The Morgan fingerprint density at radius 2 is 2.19 bits per heavy atom. The van der Waals surface area contributed by atoms with Crippen LogP contribution in [0.3, 0.4) is 0 Å². The molecular formula is C15H23ClN4S. The quantitative estimate of drug-likeness (QED) is 0.786. The van der Waals surface area contributed by atoms with Gasteiger partial charge >= 0.3 is 0 Å². The first kappa shape index (κ1) is 15.2. The summed E-state index contributed by atoms with van der Waals surface area (Å²) in [5, 5.41) is 5.24. The van der Waals surface area contributed by atoms with E-state index in [0.717, 1.165) is 23.5 Å². The van der Waals surface area contributed by atoms with E-state index in [1.807, 2.05) is 18.7 Å². The number of imidazole rings is 1. The van der Waals surface area contributed by atoms with Crippen molar-refractivity contribution in [3.05, 3.63) is 11.5 Å². The molecule has 0 amide bonds. The molecule has 0 aliphatic heterocycles. The van der Waals surface area contributed by atoms with Crippen LogP contribution in [0.2, 0.25) is 0 Å². The average molecular weight is 327 g/mol. The topological polar surface area (TPSA) is 35.6 Å². The van der Waals surface area contributed by atoms with E-state index in [2.05, 4.69) is 28.4 Å². The number of aromatic nitrogens is 4. The minimum absolute atomic E-state index is 0.535. The van der Waals surface area contributed by atoms with Gasteiger partial charge in [0, 0.05) is 30.6 Å². The zero-order chi connectivity index (χ0) is 15.0. The minimum atomic E-state index is 0.535. The molecule has 4 nitrogen and oxygen atoms in total. The smallest absolute Gasteiger partial charge is 0.158 e. The fraction of sp³-hybridized carbons (Fsp3) is 0.733. The van der Waals surface area contributed by atoms with Crippen molar-refractivity contribution in [2.24, 2.45) is 7.05 Å². The molecule has 21 heavy (non-hydrogen) atoms. The summed E-state index contributed by atoms with van der Waals surface area (Å²) in [5.74, 6) is 2.92. The molecule has 2 heterocycles. The number of hydrogen-bond donors (Lipinski definition) is 0. The standard InChI is InChI=1S/C15H23ClN4S/c1-4-21-12-7-5-6-11(12)20-13(8-9-16)17-14-10(2)18-19(3)15(14)20/h11-12H,4-9H2,1-3H3. The first-order valence-electron chi connectivity index (χ1n) is 7.75. The Morgan fingerprint density at radius 1 is 1.38 bits per heavy atom. The van der Waals surface area contributed by atoms with E-state index >= 15 is 0 Å². The normalized spacial score (nSPS) is 22.5. The maximum absolute atomic E-state index is 6.01. The van der Waals surface area contributed by atoms with Crippen LogP contribution < -0.4 is 0 Å². The van der Waals surface area contributed by atoms with E-state index in [-0.39, 0.29) is 0 Å². The second-order valence-corrected chi connectivity index (χ2v) is 7.60. The molecule has 1 fully saturated rings. The summed E-state index contributed by atoms with van der Waals surface area (Å²) in [6.45, 7) is 4.29. The highest BCUT2D eigenvalue weighted by atomic mass is 35.5. The van der Waals surface area contributed by atoms with Crippen LogP contribution >= 0.6 is 23.4 Å².